The highest BCUT2D eigenvalue weighted by atomic mass is 19.4. The zero-order valence-corrected chi connectivity index (χ0v) is 15.9. The Morgan fingerprint density at radius 3 is 2.00 bits per heavy atom. The number of hydrogen-bond donors (Lipinski definition) is 1. The smallest absolute Gasteiger partial charge is 0.416 e. The summed E-state index contributed by atoms with van der Waals surface area (Å²) >= 11 is 0. The Kier molecular flexibility index (Phi) is 7.41. The van der Waals surface area contributed by atoms with Gasteiger partial charge in [0, 0.05) is 12.1 Å². The molecule has 0 fully saturated rings. The largest absolute Gasteiger partial charge is 0.501 e. The van der Waals surface area contributed by atoms with Crippen molar-refractivity contribution in [3.8, 4) is 11.5 Å². The molecule has 0 aliphatic rings. The first-order valence-electron chi connectivity index (χ1n) is 8.86. The molecule has 5 nitrogen and oxygen atoms in total. The van der Waals surface area contributed by atoms with Crippen LogP contribution in [0.3, 0.4) is 0 Å². The molecular formula is C21H20F3NO4. The van der Waals surface area contributed by atoms with Gasteiger partial charge in [-0.05, 0) is 55.5 Å². The molecule has 29 heavy (non-hydrogen) atoms. The average molecular weight is 407 g/mol. The van der Waals surface area contributed by atoms with Crippen molar-refractivity contribution in [2.24, 2.45) is 0 Å². The number of halogens is 3. The SMILES string of the molecule is CCOC=C(C(=O)CC)C(=O)Nc1ccc(Oc2ccc(C(F)(F)F)cc2)cc1. The molecule has 2 aromatic carbocycles. The number of amides is 1. The Bertz CT molecular complexity index is 872. The van der Waals surface area contributed by atoms with E-state index in [0.717, 1.165) is 18.4 Å². The lowest BCUT2D eigenvalue weighted by atomic mass is 10.1. The van der Waals surface area contributed by atoms with Gasteiger partial charge in [-0.1, -0.05) is 6.92 Å². The molecule has 154 valence electrons. The number of Topliss-reactive ketones (excluding diaryl/α,β-unsaturated/α-hetero) is 1. The van der Waals surface area contributed by atoms with Crippen molar-refractivity contribution < 1.29 is 32.2 Å². The summed E-state index contributed by atoms with van der Waals surface area (Å²) in [6, 6.07) is 10.5. The fraction of sp³-hybridized carbons (Fsp3) is 0.238. The van der Waals surface area contributed by atoms with Crippen molar-refractivity contribution in [2.75, 3.05) is 11.9 Å². The fourth-order valence-corrected chi connectivity index (χ4v) is 2.26. The monoisotopic (exact) mass is 407 g/mol. The van der Waals surface area contributed by atoms with E-state index in [4.69, 9.17) is 9.47 Å². The number of nitrogens with one attached hydrogen (secondary N) is 1. The van der Waals surface area contributed by atoms with Crippen LogP contribution in [0, 0.1) is 0 Å². The topological polar surface area (TPSA) is 64.6 Å². The van der Waals surface area contributed by atoms with Gasteiger partial charge in [0.25, 0.3) is 5.91 Å². The minimum absolute atomic E-state index is 0.0839. The zero-order chi connectivity index (χ0) is 21.4. The Hall–Kier alpha value is -3.29. The van der Waals surface area contributed by atoms with Gasteiger partial charge in [-0.2, -0.15) is 13.2 Å². The van der Waals surface area contributed by atoms with E-state index >= 15 is 0 Å². The molecule has 1 amide bonds. The van der Waals surface area contributed by atoms with Crippen molar-refractivity contribution in [1.29, 1.82) is 0 Å². The summed E-state index contributed by atoms with van der Waals surface area (Å²) in [7, 11) is 0. The van der Waals surface area contributed by atoms with Crippen molar-refractivity contribution in [1.82, 2.24) is 0 Å². The van der Waals surface area contributed by atoms with E-state index < -0.39 is 17.6 Å². The molecule has 0 aliphatic carbocycles. The van der Waals surface area contributed by atoms with Gasteiger partial charge in [0.05, 0.1) is 18.4 Å². The van der Waals surface area contributed by atoms with Gasteiger partial charge in [0.2, 0.25) is 0 Å². The molecule has 0 aliphatic heterocycles. The van der Waals surface area contributed by atoms with Gasteiger partial charge in [-0.25, -0.2) is 0 Å². The van der Waals surface area contributed by atoms with E-state index in [2.05, 4.69) is 5.32 Å². The van der Waals surface area contributed by atoms with Crippen LogP contribution < -0.4 is 10.1 Å². The van der Waals surface area contributed by atoms with E-state index in [1.807, 2.05) is 0 Å². The predicted octanol–water partition coefficient (Wildman–Crippen LogP) is 5.34. The van der Waals surface area contributed by atoms with E-state index in [1.54, 1.807) is 38.1 Å². The van der Waals surface area contributed by atoms with Crippen LogP contribution in [-0.2, 0) is 20.5 Å². The molecule has 0 bridgehead atoms. The number of hydrogen-bond acceptors (Lipinski definition) is 4. The number of carbonyl (C=O) groups excluding carboxylic acids is 2. The molecule has 0 saturated heterocycles. The standard InChI is InChI=1S/C21H20F3NO4/c1-3-19(26)18(13-28-4-2)20(27)25-15-7-11-17(12-8-15)29-16-9-5-14(6-10-16)21(22,23)24/h5-13H,3-4H2,1-2H3,(H,25,27). The highest BCUT2D eigenvalue weighted by molar-refractivity contribution is 6.23. The van der Waals surface area contributed by atoms with Crippen molar-refractivity contribution in [3.63, 3.8) is 0 Å². The van der Waals surface area contributed by atoms with Gasteiger partial charge in [0.1, 0.15) is 17.1 Å². The summed E-state index contributed by atoms with van der Waals surface area (Å²) in [5.74, 6) is -0.331. The second-order valence-corrected chi connectivity index (χ2v) is 5.87. The van der Waals surface area contributed by atoms with Crippen LogP contribution in [0.15, 0.2) is 60.4 Å². The lowest BCUT2D eigenvalue weighted by Crippen LogP contribution is -2.20. The van der Waals surface area contributed by atoms with E-state index in [9.17, 15) is 22.8 Å². The number of anilines is 1. The van der Waals surface area contributed by atoms with Crippen LogP contribution in [0.5, 0.6) is 11.5 Å². The van der Waals surface area contributed by atoms with Crippen LogP contribution in [0.25, 0.3) is 0 Å². The molecule has 0 radical (unpaired) electrons. The van der Waals surface area contributed by atoms with E-state index in [-0.39, 0.29) is 23.5 Å². The number of carbonyl (C=O) groups is 2. The summed E-state index contributed by atoms with van der Waals surface area (Å²) in [5, 5.41) is 2.59. The Balaban J connectivity index is 2.04. The van der Waals surface area contributed by atoms with Gasteiger partial charge in [0.15, 0.2) is 5.78 Å². The Morgan fingerprint density at radius 2 is 1.52 bits per heavy atom. The van der Waals surface area contributed by atoms with Gasteiger partial charge < -0.3 is 14.8 Å². The maximum atomic E-state index is 12.6. The van der Waals surface area contributed by atoms with Gasteiger partial charge in [-0.15, -0.1) is 0 Å². The first kappa shape index (κ1) is 22.0. The third-order valence-electron chi connectivity index (χ3n) is 3.76. The fourth-order valence-electron chi connectivity index (χ4n) is 2.26. The summed E-state index contributed by atoms with van der Waals surface area (Å²) in [5.41, 5.74) is -0.430. The maximum Gasteiger partial charge on any atom is 0.416 e. The summed E-state index contributed by atoms with van der Waals surface area (Å²) in [6.07, 6.45) is -3.11. The normalized spacial score (nSPS) is 11.7. The van der Waals surface area contributed by atoms with Crippen LogP contribution in [0.4, 0.5) is 18.9 Å². The minimum atomic E-state index is -4.41. The molecule has 0 unspecified atom stereocenters. The molecule has 8 heteroatoms. The third kappa shape index (κ3) is 6.38. The van der Waals surface area contributed by atoms with Crippen LogP contribution in [0.1, 0.15) is 25.8 Å². The molecule has 2 aromatic rings. The minimum Gasteiger partial charge on any atom is -0.501 e. The predicted molar refractivity (Wildman–Crippen MR) is 102 cm³/mol. The van der Waals surface area contributed by atoms with Crippen LogP contribution >= 0.6 is 0 Å². The van der Waals surface area contributed by atoms with Gasteiger partial charge >= 0.3 is 6.18 Å². The number of ether oxygens (including phenoxy) is 2. The van der Waals surface area contributed by atoms with E-state index in [1.165, 1.54) is 12.1 Å². The van der Waals surface area contributed by atoms with E-state index in [0.29, 0.717) is 18.0 Å². The Morgan fingerprint density at radius 1 is 0.966 bits per heavy atom. The lowest BCUT2D eigenvalue weighted by Gasteiger charge is -2.10. The molecule has 0 saturated carbocycles. The van der Waals surface area contributed by atoms with Gasteiger partial charge in [-0.3, -0.25) is 9.59 Å². The van der Waals surface area contributed by atoms with Crippen molar-refractivity contribution in [2.45, 2.75) is 26.4 Å². The summed E-state index contributed by atoms with van der Waals surface area (Å²) in [6.45, 7) is 3.70. The summed E-state index contributed by atoms with van der Waals surface area (Å²) < 4.78 is 48.3. The molecule has 0 heterocycles. The zero-order valence-electron chi connectivity index (χ0n) is 15.9. The number of benzene rings is 2. The second-order valence-electron chi connectivity index (χ2n) is 5.87. The van der Waals surface area contributed by atoms with Crippen LogP contribution in [-0.4, -0.2) is 18.3 Å². The number of rotatable bonds is 8. The summed E-state index contributed by atoms with van der Waals surface area (Å²) in [4.78, 5) is 24.2. The molecule has 1 N–H and O–H groups in total. The quantitative estimate of drug-likeness (QED) is 0.278. The highest BCUT2D eigenvalue weighted by Crippen LogP contribution is 2.31. The first-order valence-corrected chi connectivity index (χ1v) is 8.86. The lowest BCUT2D eigenvalue weighted by molar-refractivity contribution is -0.137. The third-order valence-corrected chi connectivity index (χ3v) is 3.76. The first-order chi connectivity index (χ1) is 13.7. The highest BCUT2D eigenvalue weighted by Gasteiger charge is 2.30. The molecular weight excluding hydrogens is 387 g/mol. The molecule has 0 spiro atoms. The van der Waals surface area contributed by atoms with Crippen molar-refractivity contribution in [3.05, 3.63) is 65.9 Å². The average Bonchev–Trinajstić information content (AvgIpc) is 2.69. The van der Waals surface area contributed by atoms with Crippen molar-refractivity contribution >= 4 is 17.4 Å². The maximum absolute atomic E-state index is 12.6. The molecule has 2 rings (SSSR count). The number of ketones is 1. The molecule has 0 aromatic heterocycles. The second kappa shape index (κ2) is 9.77. The number of alkyl halides is 3. The molecule has 0 atom stereocenters. The van der Waals surface area contributed by atoms with Crippen LogP contribution in [0.2, 0.25) is 0 Å². The Labute approximate surface area is 166 Å².